The molecule has 0 unspecified atom stereocenters. The van der Waals surface area contributed by atoms with Gasteiger partial charge in [0.05, 0.1) is 17.2 Å². The number of fused-ring (bicyclic) bond motifs is 1. The molecule has 0 aliphatic carbocycles. The maximum Gasteiger partial charge on any atom is 0.253 e. The summed E-state index contributed by atoms with van der Waals surface area (Å²) in [5.41, 5.74) is 1.58. The first kappa shape index (κ1) is 11.3. The molecule has 0 saturated carbocycles. The molecule has 18 heavy (non-hydrogen) atoms. The number of hydrogen-bond donors (Lipinski definition) is 2. The van der Waals surface area contributed by atoms with Gasteiger partial charge in [-0.15, -0.1) is 0 Å². The molecule has 94 valence electrons. The Labute approximate surface area is 105 Å². The van der Waals surface area contributed by atoms with Gasteiger partial charge in [-0.2, -0.15) is 0 Å². The maximum absolute atomic E-state index is 12.1. The van der Waals surface area contributed by atoms with E-state index in [9.17, 15) is 4.79 Å². The third-order valence-electron chi connectivity index (χ3n) is 3.35. The third kappa shape index (κ3) is 2.11. The first-order valence-corrected chi connectivity index (χ1v) is 6.30. The number of benzene rings is 1. The number of amides is 1. The summed E-state index contributed by atoms with van der Waals surface area (Å²) in [7, 11) is 0. The number of hydrogen-bond acceptors (Lipinski definition) is 2. The molecule has 4 heteroatoms. The normalized spacial score (nSPS) is 19.2. The van der Waals surface area contributed by atoms with E-state index in [0.717, 1.165) is 30.4 Å². The first-order valence-electron chi connectivity index (χ1n) is 6.30. The highest BCUT2D eigenvalue weighted by Crippen LogP contribution is 2.17. The van der Waals surface area contributed by atoms with E-state index in [-0.39, 0.29) is 12.0 Å². The average molecular weight is 244 g/mol. The van der Waals surface area contributed by atoms with Crippen molar-refractivity contribution in [2.75, 3.05) is 13.2 Å². The quantitative estimate of drug-likeness (QED) is 0.868. The number of aromatic nitrogens is 1. The van der Waals surface area contributed by atoms with Gasteiger partial charge in [-0.1, -0.05) is 12.1 Å². The van der Waals surface area contributed by atoms with Gasteiger partial charge in [0.2, 0.25) is 0 Å². The lowest BCUT2D eigenvalue weighted by molar-refractivity contribution is 0.0859. The van der Waals surface area contributed by atoms with Gasteiger partial charge in [-0.25, -0.2) is 0 Å². The second-order valence-corrected chi connectivity index (χ2v) is 4.59. The summed E-state index contributed by atoms with van der Waals surface area (Å²) in [6.45, 7) is 1.41. The van der Waals surface area contributed by atoms with Gasteiger partial charge >= 0.3 is 0 Å². The van der Waals surface area contributed by atoms with E-state index in [4.69, 9.17) is 4.74 Å². The van der Waals surface area contributed by atoms with E-state index in [1.807, 2.05) is 30.5 Å². The summed E-state index contributed by atoms with van der Waals surface area (Å²) in [6, 6.07) is 7.69. The summed E-state index contributed by atoms with van der Waals surface area (Å²) in [4.78, 5) is 15.2. The van der Waals surface area contributed by atoms with Crippen LogP contribution in [0, 0.1) is 0 Å². The van der Waals surface area contributed by atoms with Crippen LogP contribution in [0.25, 0.3) is 10.9 Å². The molecule has 2 aromatic rings. The van der Waals surface area contributed by atoms with Crippen LogP contribution in [0.3, 0.4) is 0 Å². The fraction of sp³-hybridized carbons (Fsp3) is 0.357. The van der Waals surface area contributed by atoms with E-state index in [2.05, 4.69) is 10.3 Å². The standard InChI is InChI=1S/C14H16N2O2/c17-14(16-9-11-4-2-8-18-11)12-5-1-3-10-6-7-15-13(10)12/h1,3,5-7,11,15H,2,4,8-9H2,(H,16,17)/t11-/m0/s1. The number of ether oxygens (including phenoxy) is 1. The first-order chi connectivity index (χ1) is 8.84. The molecule has 2 heterocycles. The summed E-state index contributed by atoms with van der Waals surface area (Å²) < 4.78 is 5.49. The van der Waals surface area contributed by atoms with Gasteiger partial charge < -0.3 is 15.0 Å². The zero-order chi connectivity index (χ0) is 12.4. The van der Waals surface area contributed by atoms with Crippen molar-refractivity contribution in [2.24, 2.45) is 0 Å². The van der Waals surface area contributed by atoms with Crippen molar-refractivity contribution < 1.29 is 9.53 Å². The molecule has 1 amide bonds. The Morgan fingerprint density at radius 2 is 2.39 bits per heavy atom. The van der Waals surface area contributed by atoms with Crippen molar-refractivity contribution in [3.63, 3.8) is 0 Å². The second-order valence-electron chi connectivity index (χ2n) is 4.59. The Morgan fingerprint density at radius 1 is 1.44 bits per heavy atom. The highest BCUT2D eigenvalue weighted by Gasteiger charge is 2.17. The molecule has 1 aromatic heterocycles. The van der Waals surface area contributed by atoms with Crippen LogP contribution in [-0.2, 0) is 4.74 Å². The largest absolute Gasteiger partial charge is 0.376 e. The molecule has 4 nitrogen and oxygen atoms in total. The predicted octanol–water partition coefficient (Wildman–Crippen LogP) is 2.08. The van der Waals surface area contributed by atoms with Gasteiger partial charge in [0, 0.05) is 24.7 Å². The van der Waals surface area contributed by atoms with Crippen LogP contribution in [0.4, 0.5) is 0 Å². The Balaban J connectivity index is 1.73. The Hall–Kier alpha value is -1.81. The zero-order valence-electron chi connectivity index (χ0n) is 10.1. The van der Waals surface area contributed by atoms with Gasteiger partial charge in [0.1, 0.15) is 0 Å². The van der Waals surface area contributed by atoms with Crippen LogP contribution in [0.15, 0.2) is 30.5 Å². The van der Waals surface area contributed by atoms with Crippen molar-refractivity contribution in [1.29, 1.82) is 0 Å². The van der Waals surface area contributed by atoms with Crippen molar-refractivity contribution >= 4 is 16.8 Å². The van der Waals surface area contributed by atoms with Gasteiger partial charge in [0.15, 0.2) is 0 Å². The minimum absolute atomic E-state index is 0.0430. The highest BCUT2D eigenvalue weighted by molar-refractivity contribution is 6.05. The van der Waals surface area contributed by atoms with Crippen LogP contribution in [0.5, 0.6) is 0 Å². The molecule has 1 aliphatic heterocycles. The summed E-state index contributed by atoms with van der Waals surface area (Å²) in [5.74, 6) is -0.0430. The zero-order valence-corrected chi connectivity index (χ0v) is 10.1. The van der Waals surface area contributed by atoms with E-state index in [1.54, 1.807) is 0 Å². The topological polar surface area (TPSA) is 54.1 Å². The molecule has 1 atom stereocenters. The number of aromatic amines is 1. The molecule has 1 aromatic carbocycles. The van der Waals surface area contributed by atoms with E-state index in [1.165, 1.54) is 0 Å². The van der Waals surface area contributed by atoms with E-state index >= 15 is 0 Å². The monoisotopic (exact) mass is 244 g/mol. The van der Waals surface area contributed by atoms with Gasteiger partial charge in [-0.3, -0.25) is 4.79 Å². The molecule has 0 bridgehead atoms. The Morgan fingerprint density at radius 3 is 3.22 bits per heavy atom. The van der Waals surface area contributed by atoms with Crippen LogP contribution < -0.4 is 5.32 Å². The van der Waals surface area contributed by atoms with Crippen molar-refractivity contribution in [3.05, 3.63) is 36.0 Å². The number of carbonyl (C=O) groups is 1. The lowest BCUT2D eigenvalue weighted by atomic mass is 10.1. The fourth-order valence-corrected chi connectivity index (χ4v) is 2.38. The predicted molar refractivity (Wildman–Crippen MR) is 69.6 cm³/mol. The molecular formula is C14H16N2O2. The maximum atomic E-state index is 12.1. The van der Waals surface area contributed by atoms with Crippen LogP contribution in [0.2, 0.25) is 0 Å². The van der Waals surface area contributed by atoms with Crippen LogP contribution >= 0.6 is 0 Å². The number of H-pyrrole nitrogens is 1. The molecule has 1 saturated heterocycles. The molecule has 0 radical (unpaired) electrons. The highest BCUT2D eigenvalue weighted by atomic mass is 16.5. The number of rotatable bonds is 3. The minimum Gasteiger partial charge on any atom is -0.376 e. The van der Waals surface area contributed by atoms with Crippen molar-refractivity contribution in [1.82, 2.24) is 10.3 Å². The number of carbonyl (C=O) groups excluding carboxylic acids is 1. The number of nitrogens with one attached hydrogen (secondary N) is 2. The molecule has 0 spiro atoms. The lowest BCUT2D eigenvalue weighted by Crippen LogP contribution is -2.31. The minimum atomic E-state index is -0.0430. The van der Waals surface area contributed by atoms with Gasteiger partial charge in [-0.05, 0) is 25.0 Å². The van der Waals surface area contributed by atoms with Crippen molar-refractivity contribution in [3.8, 4) is 0 Å². The molecular weight excluding hydrogens is 228 g/mol. The lowest BCUT2D eigenvalue weighted by Gasteiger charge is -2.11. The SMILES string of the molecule is O=C(NC[C@@H]1CCCO1)c1cccc2cc[nH]c12. The van der Waals surface area contributed by atoms with Gasteiger partial charge in [0.25, 0.3) is 5.91 Å². The fourth-order valence-electron chi connectivity index (χ4n) is 2.38. The van der Waals surface area contributed by atoms with Crippen molar-refractivity contribution in [2.45, 2.75) is 18.9 Å². The van der Waals surface area contributed by atoms with Crippen LogP contribution in [0.1, 0.15) is 23.2 Å². The summed E-state index contributed by atoms with van der Waals surface area (Å²) in [5, 5.41) is 3.99. The van der Waals surface area contributed by atoms with Crippen LogP contribution in [-0.4, -0.2) is 30.1 Å². The Kier molecular flexibility index (Phi) is 3.02. The molecule has 1 aliphatic rings. The smallest absolute Gasteiger partial charge is 0.253 e. The summed E-state index contributed by atoms with van der Waals surface area (Å²) >= 11 is 0. The molecule has 3 rings (SSSR count). The molecule has 2 N–H and O–H groups in total. The summed E-state index contributed by atoms with van der Waals surface area (Å²) in [6.07, 6.45) is 4.15. The average Bonchev–Trinajstić information content (AvgIpc) is 3.05. The second kappa shape index (κ2) is 4.82. The molecule has 1 fully saturated rings. The third-order valence-corrected chi connectivity index (χ3v) is 3.35. The van der Waals surface area contributed by atoms with E-state index < -0.39 is 0 Å². The Bertz CT molecular complexity index is 556. The van der Waals surface area contributed by atoms with E-state index in [0.29, 0.717) is 12.1 Å². The number of para-hydroxylation sites is 1.